The van der Waals surface area contributed by atoms with Gasteiger partial charge in [-0.1, -0.05) is 22.8 Å². The Bertz CT molecular complexity index is 569. The van der Waals surface area contributed by atoms with Crippen molar-refractivity contribution >= 4 is 29.0 Å². The van der Waals surface area contributed by atoms with E-state index in [1.165, 1.54) is 0 Å². The van der Waals surface area contributed by atoms with Gasteiger partial charge in [0.15, 0.2) is 5.84 Å². The van der Waals surface area contributed by atoms with Crippen molar-refractivity contribution in [3.8, 4) is 0 Å². The van der Waals surface area contributed by atoms with E-state index in [4.69, 9.17) is 27.3 Å². The van der Waals surface area contributed by atoms with E-state index in [-0.39, 0.29) is 11.7 Å². The van der Waals surface area contributed by atoms with Crippen LogP contribution in [0, 0.1) is 12.3 Å². The molecule has 1 aliphatic rings. The highest BCUT2D eigenvalue weighted by atomic mass is 35.5. The molecule has 4 N–H and O–H groups in total. The van der Waals surface area contributed by atoms with E-state index in [9.17, 15) is 4.79 Å². The van der Waals surface area contributed by atoms with E-state index < -0.39 is 5.41 Å². The third kappa shape index (κ3) is 3.11. The number of amides is 1. The van der Waals surface area contributed by atoms with Crippen molar-refractivity contribution in [2.75, 3.05) is 18.5 Å². The summed E-state index contributed by atoms with van der Waals surface area (Å²) in [6.45, 7) is 2.66. The number of nitrogens with one attached hydrogen (secondary N) is 1. The summed E-state index contributed by atoms with van der Waals surface area (Å²) in [5, 5.41) is 15.2. The molecule has 6 nitrogen and oxygen atoms in total. The molecule has 1 amide bonds. The van der Waals surface area contributed by atoms with Crippen LogP contribution in [-0.4, -0.2) is 30.2 Å². The number of nitrogens with zero attached hydrogens (tertiary/aromatic N) is 1. The minimum absolute atomic E-state index is 0.105. The van der Waals surface area contributed by atoms with Crippen LogP contribution in [0.2, 0.25) is 5.02 Å². The van der Waals surface area contributed by atoms with E-state index in [2.05, 4.69) is 10.5 Å². The van der Waals surface area contributed by atoms with Crippen LogP contribution in [0.15, 0.2) is 23.4 Å². The van der Waals surface area contributed by atoms with Crippen molar-refractivity contribution in [2.24, 2.45) is 16.3 Å². The van der Waals surface area contributed by atoms with E-state index in [0.717, 1.165) is 5.56 Å². The number of hydrogen-bond donors (Lipinski definition) is 3. The molecule has 7 heteroatoms. The Balaban J connectivity index is 2.29. The molecule has 0 saturated carbocycles. The second kappa shape index (κ2) is 6.32. The van der Waals surface area contributed by atoms with Gasteiger partial charge in [0.05, 0.1) is 10.7 Å². The van der Waals surface area contributed by atoms with Gasteiger partial charge in [0.1, 0.15) is 5.41 Å². The normalized spacial score (nSPS) is 18.3. The third-order valence-electron chi connectivity index (χ3n) is 3.75. The summed E-state index contributed by atoms with van der Waals surface area (Å²) in [4.78, 5) is 12.7. The van der Waals surface area contributed by atoms with Gasteiger partial charge in [-0.3, -0.25) is 4.79 Å². The fraction of sp³-hybridized carbons (Fsp3) is 0.429. The van der Waals surface area contributed by atoms with Gasteiger partial charge in [0.25, 0.3) is 0 Å². The molecule has 1 saturated heterocycles. The molecule has 0 radical (unpaired) electrons. The van der Waals surface area contributed by atoms with Gasteiger partial charge >= 0.3 is 0 Å². The summed E-state index contributed by atoms with van der Waals surface area (Å²) >= 11 is 6.09. The van der Waals surface area contributed by atoms with E-state index >= 15 is 0 Å². The average Bonchev–Trinajstić information content (AvgIpc) is 2.50. The second-order valence-electron chi connectivity index (χ2n) is 5.12. The van der Waals surface area contributed by atoms with E-state index in [1.807, 2.05) is 13.0 Å². The number of carbonyl (C=O) groups is 1. The number of amidine groups is 1. The van der Waals surface area contributed by atoms with E-state index in [0.29, 0.717) is 36.8 Å². The molecule has 114 valence electrons. The van der Waals surface area contributed by atoms with Gasteiger partial charge in [-0.15, -0.1) is 0 Å². The fourth-order valence-electron chi connectivity index (χ4n) is 2.39. The largest absolute Gasteiger partial charge is 0.409 e. The predicted octanol–water partition coefficient (Wildman–Crippen LogP) is 2.13. The van der Waals surface area contributed by atoms with Crippen molar-refractivity contribution < 1.29 is 14.7 Å². The number of oxime groups is 1. The number of benzene rings is 1. The summed E-state index contributed by atoms with van der Waals surface area (Å²) < 4.78 is 5.26. The molecule has 0 bridgehead atoms. The first-order valence-electron chi connectivity index (χ1n) is 6.63. The van der Waals surface area contributed by atoms with E-state index in [1.54, 1.807) is 12.1 Å². The molecule has 1 aromatic rings. The number of nitrogens with two attached hydrogens (primary N) is 1. The maximum Gasteiger partial charge on any atom is 0.238 e. The highest BCUT2D eigenvalue weighted by molar-refractivity contribution is 6.34. The van der Waals surface area contributed by atoms with Crippen LogP contribution < -0.4 is 11.1 Å². The maximum absolute atomic E-state index is 12.7. The van der Waals surface area contributed by atoms with Crippen molar-refractivity contribution in [1.82, 2.24) is 0 Å². The number of halogens is 1. The van der Waals surface area contributed by atoms with Crippen molar-refractivity contribution in [3.05, 3.63) is 28.8 Å². The Morgan fingerprint density at radius 2 is 2.14 bits per heavy atom. The molecule has 21 heavy (non-hydrogen) atoms. The number of aryl methyl sites for hydroxylation is 1. The SMILES string of the molecule is Cc1ccc(Cl)c(NC(=O)C2(/C(N)=N/O)CCOCC2)c1. The Morgan fingerprint density at radius 3 is 2.76 bits per heavy atom. The predicted molar refractivity (Wildman–Crippen MR) is 80.7 cm³/mol. The molecule has 0 aliphatic carbocycles. The summed E-state index contributed by atoms with van der Waals surface area (Å²) in [5.41, 5.74) is 6.17. The Hall–Kier alpha value is -1.79. The van der Waals surface area contributed by atoms with Crippen LogP contribution in [0.4, 0.5) is 5.69 Å². The quantitative estimate of drug-likeness (QED) is 0.345. The van der Waals surface area contributed by atoms with Crippen LogP contribution in [0.25, 0.3) is 0 Å². The highest BCUT2D eigenvalue weighted by Crippen LogP contribution is 2.33. The molecular weight excluding hydrogens is 294 g/mol. The average molecular weight is 312 g/mol. The number of anilines is 1. The molecule has 0 aromatic heterocycles. The maximum atomic E-state index is 12.7. The third-order valence-corrected chi connectivity index (χ3v) is 4.08. The summed E-state index contributed by atoms with van der Waals surface area (Å²) in [6, 6.07) is 5.35. The Morgan fingerprint density at radius 1 is 1.48 bits per heavy atom. The summed E-state index contributed by atoms with van der Waals surface area (Å²) in [5.74, 6) is -0.444. The lowest BCUT2D eigenvalue weighted by atomic mass is 9.78. The molecular formula is C14H18ClN3O3. The van der Waals surface area contributed by atoms with Crippen LogP contribution in [-0.2, 0) is 9.53 Å². The molecule has 0 atom stereocenters. The minimum atomic E-state index is -1.07. The molecule has 1 fully saturated rings. The standard InChI is InChI=1S/C14H18ClN3O3/c1-9-2-3-10(15)11(8-9)17-13(19)14(12(16)18-20)4-6-21-7-5-14/h2-3,8,20H,4-7H2,1H3,(H2,16,18)(H,17,19). The lowest BCUT2D eigenvalue weighted by Crippen LogP contribution is -2.50. The number of ether oxygens (including phenoxy) is 1. The molecule has 0 unspecified atom stereocenters. The second-order valence-corrected chi connectivity index (χ2v) is 5.52. The Labute approximate surface area is 127 Å². The number of carbonyl (C=O) groups excluding carboxylic acids is 1. The molecule has 1 heterocycles. The van der Waals surface area contributed by atoms with Crippen molar-refractivity contribution in [1.29, 1.82) is 0 Å². The molecule has 1 aromatic carbocycles. The first-order chi connectivity index (χ1) is 9.99. The minimum Gasteiger partial charge on any atom is -0.409 e. The van der Waals surface area contributed by atoms with Crippen LogP contribution in [0.5, 0.6) is 0 Å². The highest BCUT2D eigenvalue weighted by Gasteiger charge is 2.44. The van der Waals surface area contributed by atoms with Gasteiger partial charge in [0, 0.05) is 13.2 Å². The Kier molecular flexibility index (Phi) is 4.69. The first-order valence-corrected chi connectivity index (χ1v) is 7.01. The van der Waals surface area contributed by atoms with Gasteiger partial charge in [-0.2, -0.15) is 0 Å². The zero-order valence-corrected chi connectivity index (χ0v) is 12.5. The monoisotopic (exact) mass is 311 g/mol. The summed E-state index contributed by atoms with van der Waals surface area (Å²) in [6.07, 6.45) is 0.719. The lowest BCUT2D eigenvalue weighted by molar-refractivity contribution is -0.126. The zero-order chi connectivity index (χ0) is 15.5. The van der Waals surface area contributed by atoms with Crippen molar-refractivity contribution in [3.63, 3.8) is 0 Å². The van der Waals surface area contributed by atoms with Gasteiger partial charge in [0.2, 0.25) is 5.91 Å². The van der Waals surface area contributed by atoms with Crippen LogP contribution >= 0.6 is 11.6 Å². The van der Waals surface area contributed by atoms with Crippen LogP contribution in [0.1, 0.15) is 18.4 Å². The van der Waals surface area contributed by atoms with Crippen LogP contribution in [0.3, 0.4) is 0 Å². The number of hydrogen-bond acceptors (Lipinski definition) is 4. The van der Waals surface area contributed by atoms with Gasteiger partial charge in [-0.05, 0) is 37.5 Å². The zero-order valence-electron chi connectivity index (χ0n) is 11.7. The lowest BCUT2D eigenvalue weighted by Gasteiger charge is -2.34. The molecule has 0 spiro atoms. The van der Waals surface area contributed by atoms with Gasteiger partial charge < -0.3 is 21.0 Å². The summed E-state index contributed by atoms with van der Waals surface area (Å²) in [7, 11) is 0. The van der Waals surface area contributed by atoms with Gasteiger partial charge in [-0.25, -0.2) is 0 Å². The number of rotatable bonds is 3. The first kappa shape index (κ1) is 15.6. The molecule has 1 aliphatic heterocycles. The molecule has 2 rings (SSSR count). The topological polar surface area (TPSA) is 96.9 Å². The smallest absolute Gasteiger partial charge is 0.238 e. The van der Waals surface area contributed by atoms with Crippen molar-refractivity contribution in [2.45, 2.75) is 19.8 Å². The fourth-order valence-corrected chi connectivity index (χ4v) is 2.56.